The van der Waals surface area contributed by atoms with Crippen molar-refractivity contribution in [3.05, 3.63) is 59.4 Å². The minimum absolute atomic E-state index is 0.229. The summed E-state index contributed by atoms with van der Waals surface area (Å²) in [6.45, 7) is 8.29. The Labute approximate surface area is 159 Å². The van der Waals surface area contributed by atoms with E-state index in [2.05, 4.69) is 11.7 Å². The molecule has 0 N–H and O–H groups in total. The first kappa shape index (κ1) is 18.9. The third kappa shape index (κ3) is 4.10. The molecule has 1 aromatic carbocycles. The molecule has 1 heterocycles. The van der Waals surface area contributed by atoms with Gasteiger partial charge >= 0.3 is 5.97 Å². The summed E-state index contributed by atoms with van der Waals surface area (Å²) < 4.78 is 7.11. The molecule has 6 nitrogen and oxygen atoms in total. The number of hydrogen-bond donors (Lipinski definition) is 0. The number of benzene rings is 1. The smallest absolute Gasteiger partial charge is 0.359 e. The number of esters is 1. The lowest BCUT2D eigenvalue weighted by molar-refractivity contribution is -0.133. The summed E-state index contributed by atoms with van der Waals surface area (Å²) in [5.41, 5.74) is 4.12. The summed E-state index contributed by atoms with van der Waals surface area (Å²) in [4.78, 5) is 26.5. The van der Waals surface area contributed by atoms with Crippen LogP contribution in [0.2, 0.25) is 0 Å². The highest BCUT2D eigenvalue weighted by Gasteiger charge is 2.28. The van der Waals surface area contributed by atoms with Crippen LogP contribution in [0.25, 0.3) is 5.69 Å². The molecule has 3 rings (SSSR count). The second kappa shape index (κ2) is 8.20. The van der Waals surface area contributed by atoms with Crippen molar-refractivity contribution in [2.24, 2.45) is 0 Å². The molecule has 2 aromatic rings. The van der Waals surface area contributed by atoms with Crippen LogP contribution in [0.5, 0.6) is 0 Å². The van der Waals surface area contributed by atoms with Crippen molar-refractivity contribution in [3.63, 3.8) is 0 Å². The fourth-order valence-corrected chi connectivity index (χ4v) is 3.37. The average molecular weight is 367 g/mol. The Hall–Kier alpha value is -2.89. The van der Waals surface area contributed by atoms with Gasteiger partial charge in [0.1, 0.15) is 0 Å². The molecule has 142 valence electrons. The quantitative estimate of drug-likeness (QED) is 0.557. The summed E-state index contributed by atoms with van der Waals surface area (Å²) in [5.74, 6) is -0.768. The number of likely N-dealkylation sites (N-methyl/N-ethyl adjacent to an activating group) is 1. The van der Waals surface area contributed by atoms with Gasteiger partial charge in [0, 0.05) is 24.3 Å². The fraction of sp³-hybridized carbons (Fsp3) is 0.381. The Balaban J connectivity index is 1.74. The third-order valence-electron chi connectivity index (χ3n) is 4.65. The highest BCUT2D eigenvalue weighted by atomic mass is 16.5. The Bertz CT molecular complexity index is 855. The maximum Gasteiger partial charge on any atom is 0.359 e. The van der Waals surface area contributed by atoms with Crippen LogP contribution in [-0.2, 0) is 22.4 Å². The molecule has 0 radical (unpaired) electrons. The molecule has 1 amide bonds. The number of aromatic nitrogens is 2. The number of amides is 1. The Morgan fingerprint density at radius 1 is 1.26 bits per heavy atom. The van der Waals surface area contributed by atoms with Crippen molar-refractivity contribution < 1.29 is 14.3 Å². The third-order valence-corrected chi connectivity index (χ3v) is 4.65. The molecule has 1 aliphatic rings. The largest absolute Gasteiger partial charge is 0.451 e. The number of fused-ring (bicyclic) bond motifs is 1. The first-order chi connectivity index (χ1) is 13.0. The molecular formula is C21H25N3O3. The van der Waals surface area contributed by atoms with Gasteiger partial charge in [-0.1, -0.05) is 30.4 Å². The molecule has 1 aliphatic carbocycles. The minimum Gasteiger partial charge on any atom is -0.451 e. The summed E-state index contributed by atoms with van der Waals surface area (Å²) >= 11 is 0. The normalized spacial score (nSPS) is 12.5. The number of rotatable bonds is 7. The van der Waals surface area contributed by atoms with E-state index < -0.39 is 5.97 Å². The van der Waals surface area contributed by atoms with Crippen molar-refractivity contribution in [2.75, 3.05) is 19.7 Å². The van der Waals surface area contributed by atoms with Crippen LogP contribution in [-0.4, -0.2) is 46.3 Å². The maximum atomic E-state index is 12.6. The highest BCUT2D eigenvalue weighted by Crippen LogP contribution is 2.28. The number of carbonyl (C=O) groups excluding carboxylic acids is 2. The van der Waals surface area contributed by atoms with Gasteiger partial charge in [-0.15, -0.1) is 0 Å². The molecule has 0 saturated heterocycles. The second-order valence-electron chi connectivity index (χ2n) is 6.82. The zero-order chi connectivity index (χ0) is 19.4. The number of ether oxygens (including phenoxy) is 1. The van der Waals surface area contributed by atoms with Gasteiger partial charge in [0.05, 0.1) is 5.69 Å². The van der Waals surface area contributed by atoms with E-state index in [0.717, 1.165) is 41.8 Å². The van der Waals surface area contributed by atoms with Gasteiger partial charge in [0.25, 0.3) is 5.91 Å². The molecular weight excluding hydrogens is 342 g/mol. The molecule has 0 saturated carbocycles. The van der Waals surface area contributed by atoms with E-state index in [4.69, 9.17) is 4.74 Å². The van der Waals surface area contributed by atoms with Gasteiger partial charge in [-0.3, -0.25) is 4.79 Å². The van der Waals surface area contributed by atoms with Crippen molar-refractivity contribution in [1.82, 2.24) is 14.7 Å². The van der Waals surface area contributed by atoms with Gasteiger partial charge in [-0.05, 0) is 45.2 Å². The summed E-state index contributed by atoms with van der Waals surface area (Å²) in [5, 5.41) is 4.50. The van der Waals surface area contributed by atoms with E-state index in [1.807, 2.05) is 48.9 Å². The lowest BCUT2D eigenvalue weighted by atomic mass is 10.2. The first-order valence-electron chi connectivity index (χ1n) is 9.26. The van der Waals surface area contributed by atoms with E-state index in [1.165, 1.54) is 0 Å². The predicted octanol–water partition coefficient (Wildman–Crippen LogP) is 2.94. The van der Waals surface area contributed by atoms with E-state index in [1.54, 1.807) is 4.90 Å². The van der Waals surface area contributed by atoms with Crippen LogP contribution >= 0.6 is 0 Å². The highest BCUT2D eigenvalue weighted by molar-refractivity contribution is 5.91. The van der Waals surface area contributed by atoms with Crippen molar-refractivity contribution in [3.8, 4) is 5.69 Å². The average Bonchev–Trinajstić information content (AvgIpc) is 3.27. The second-order valence-corrected chi connectivity index (χ2v) is 6.82. The summed E-state index contributed by atoms with van der Waals surface area (Å²) in [6, 6.07) is 9.74. The molecule has 0 aliphatic heterocycles. The topological polar surface area (TPSA) is 64.4 Å². The van der Waals surface area contributed by atoms with Crippen molar-refractivity contribution in [2.45, 2.75) is 33.1 Å². The Morgan fingerprint density at radius 2 is 2.00 bits per heavy atom. The van der Waals surface area contributed by atoms with Gasteiger partial charge < -0.3 is 9.64 Å². The number of carbonyl (C=O) groups is 2. The van der Waals surface area contributed by atoms with Crippen LogP contribution < -0.4 is 0 Å². The van der Waals surface area contributed by atoms with E-state index >= 15 is 0 Å². The van der Waals surface area contributed by atoms with Crippen molar-refractivity contribution in [1.29, 1.82) is 0 Å². The molecule has 0 atom stereocenters. The van der Waals surface area contributed by atoms with Crippen LogP contribution in [0.1, 0.15) is 42.0 Å². The zero-order valence-corrected chi connectivity index (χ0v) is 15.9. The standard InChI is InChI=1S/C21H25N3O3/c1-4-23(13-15(2)3)19(25)14-27-21(26)20-17-11-8-12-18(17)24(22-20)16-9-6-5-7-10-16/h5-7,9-10H,2,4,8,11-14H2,1,3H3. The molecule has 1 aromatic heterocycles. The Kier molecular flexibility index (Phi) is 5.74. The fourth-order valence-electron chi connectivity index (χ4n) is 3.37. The zero-order valence-electron chi connectivity index (χ0n) is 15.9. The summed E-state index contributed by atoms with van der Waals surface area (Å²) in [7, 11) is 0. The first-order valence-corrected chi connectivity index (χ1v) is 9.26. The number of hydrogen-bond acceptors (Lipinski definition) is 4. The van der Waals surface area contributed by atoms with Gasteiger partial charge in [0.2, 0.25) is 0 Å². The maximum absolute atomic E-state index is 12.6. The van der Waals surface area contributed by atoms with Crippen LogP contribution in [0.15, 0.2) is 42.5 Å². The molecule has 27 heavy (non-hydrogen) atoms. The molecule has 0 spiro atoms. The lowest BCUT2D eigenvalue weighted by Crippen LogP contribution is -2.35. The van der Waals surface area contributed by atoms with Crippen LogP contribution in [0.4, 0.5) is 0 Å². The van der Waals surface area contributed by atoms with Crippen LogP contribution in [0, 0.1) is 0 Å². The minimum atomic E-state index is -0.539. The van der Waals surface area contributed by atoms with Crippen molar-refractivity contribution >= 4 is 11.9 Å². The van der Waals surface area contributed by atoms with Crippen LogP contribution in [0.3, 0.4) is 0 Å². The van der Waals surface area contributed by atoms with E-state index in [9.17, 15) is 9.59 Å². The van der Waals surface area contributed by atoms with Gasteiger partial charge in [0.15, 0.2) is 12.3 Å². The lowest BCUT2D eigenvalue weighted by Gasteiger charge is -2.20. The van der Waals surface area contributed by atoms with E-state index in [0.29, 0.717) is 18.8 Å². The summed E-state index contributed by atoms with van der Waals surface area (Å²) in [6.07, 6.45) is 2.67. The van der Waals surface area contributed by atoms with Gasteiger partial charge in [-0.2, -0.15) is 5.10 Å². The Morgan fingerprint density at radius 3 is 2.67 bits per heavy atom. The molecule has 0 fully saturated rings. The van der Waals surface area contributed by atoms with E-state index in [-0.39, 0.29) is 12.5 Å². The predicted molar refractivity (Wildman–Crippen MR) is 103 cm³/mol. The van der Waals surface area contributed by atoms with Gasteiger partial charge in [-0.25, -0.2) is 9.48 Å². The SMILES string of the molecule is C=C(C)CN(CC)C(=O)COC(=O)c1nn(-c2ccccc2)c2c1CCC2. The number of para-hydroxylation sites is 1. The molecule has 0 bridgehead atoms. The number of nitrogens with zero attached hydrogens (tertiary/aromatic N) is 3. The molecule has 0 unspecified atom stereocenters. The monoisotopic (exact) mass is 367 g/mol. The molecule has 6 heteroatoms.